The average Bonchev–Trinajstić information content (AvgIpc) is 3.06. The van der Waals surface area contributed by atoms with Crippen LogP contribution in [0.3, 0.4) is 0 Å². The molecule has 0 spiro atoms. The highest BCUT2D eigenvalue weighted by Gasteiger charge is 2.50. The lowest BCUT2D eigenvalue weighted by molar-refractivity contribution is -0.200. The molecule has 0 aliphatic carbocycles. The normalized spacial score (nSPS) is 23.9. The molecule has 2 aliphatic heterocycles. The molecule has 2 fully saturated rings. The summed E-state index contributed by atoms with van der Waals surface area (Å²) in [7, 11) is -5.13. The molecule has 40 heavy (non-hydrogen) atoms. The second kappa shape index (κ2) is 12.7. The van der Waals surface area contributed by atoms with Crippen LogP contribution in [0.1, 0.15) is 37.7 Å². The highest BCUT2D eigenvalue weighted by Crippen LogP contribution is 2.41. The number of hydrogen-bond acceptors (Lipinski definition) is 8. The summed E-state index contributed by atoms with van der Waals surface area (Å²) in [5.74, 6) is -0.113. The van der Waals surface area contributed by atoms with E-state index in [1.807, 2.05) is 0 Å². The number of ether oxygens (including phenoxy) is 2. The van der Waals surface area contributed by atoms with Crippen LogP contribution in [-0.2, 0) is 39.2 Å². The van der Waals surface area contributed by atoms with Gasteiger partial charge in [-0.15, -0.1) is 0 Å². The molecule has 11 nitrogen and oxygen atoms in total. The van der Waals surface area contributed by atoms with Gasteiger partial charge in [-0.1, -0.05) is 23.7 Å². The maximum Gasteiger partial charge on any atom is 0.281 e. The molecular formula is C26H34ClN3O8S2. The van der Waals surface area contributed by atoms with Gasteiger partial charge in [-0.2, -0.15) is 17.0 Å². The third-order valence-corrected chi connectivity index (χ3v) is 11.8. The van der Waals surface area contributed by atoms with Crippen molar-refractivity contribution in [2.24, 2.45) is 0 Å². The summed E-state index contributed by atoms with van der Waals surface area (Å²) in [4.78, 5) is 18.5. The van der Waals surface area contributed by atoms with Crippen LogP contribution in [0, 0.1) is 0 Å². The summed E-state index contributed by atoms with van der Waals surface area (Å²) in [6.07, 6.45) is 1.20. The Morgan fingerprint density at radius 1 is 1.10 bits per heavy atom. The van der Waals surface area contributed by atoms with E-state index >= 15 is 0 Å². The zero-order valence-electron chi connectivity index (χ0n) is 22.4. The second-order valence-electron chi connectivity index (χ2n) is 9.95. The molecule has 14 heteroatoms. The smallest absolute Gasteiger partial charge is 0.281 e. The van der Waals surface area contributed by atoms with Crippen molar-refractivity contribution < 1.29 is 35.9 Å². The fourth-order valence-electron chi connectivity index (χ4n) is 4.77. The van der Waals surface area contributed by atoms with Gasteiger partial charge in [-0.25, -0.2) is 18.7 Å². The first kappa shape index (κ1) is 30.7. The SMILES string of the molecule is CN(C)S(=O)(=O)N1CC[C@](CC(=O)NOC2CCCCO2)(c2ccc(Oc3ccc(Cl)cc3)cc2)S(=O)(=O)CC1. The summed E-state index contributed by atoms with van der Waals surface area (Å²) >= 11 is 5.94. The van der Waals surface area contributed by atoms with E-state index in [-0.39, 0.29) is 19.5 Å². The molecule has 2 saturated heterocycles. The zero-order valence-corrected chi connectivity index (χ0v) is 24.8. The number of sulfone groups is 1. The quantitative estimate of drug-likeness (QED) is 0.426. The van der Waals surface area contributed by atoms with E-state index < -0.39 is 49.2 Å². The molecule has 0 saturated carbocycles. The maximum atomic E-state index is 13.9. The highest BCUT2D eigenvalue weighted by atomic mass is 35.5. The van der Waals surface area contributed by atoms with Gasteiger partial charge in [0, 0.05) is 45.2 Å². The minimum atomic E-state index is -4.04. The number of amides is 1. The number of carbonyl (C=O) groups is 1. The van der Waals surface area contributed by atoms with Gasteiger partial charge in [0.05, 0.1) is 12.2 Å². The van der Waals surface area contributed by atoms with Crippen LogP contribution in [0.5, 0.6) is 11.5 Å². The lowest BCUT2D eigenvalue weighted by Crippen LogP contribution is -2.43. The van der Waals surface area contributed by atoms with Crippen LogP contribution >= 0.6 is 11.6 Å². The molecule has 1 unspecified atom stereocenters. The Hall–Kier alpha value is -2.26. The van der Waals surface area contributed by atoms with Crippen LogP contribution in [0.2, 0.25) is 5.02 Å². The van der Waals surface area contributed by atoms with Crippen LogP contribution in [0.4, 0.5) is 0 Å². The molecule has 2 aromatic carbocycles. The van der Waals surface area contributed by atoms with Crippen molar-refractivity contribution in [3.8, 4) is 11.5 Å². The number of nitrogens with one attached hydrogen (secondary N) is 1. The van der Waals surface area contributed by atoms with Crippen molar-refractivity contribution in [1.82, 2.24) is 14.1 Å². The Bertz CT molecular complexity index is 1380. The minimum absolute atomic E-state index is 0.0946. The summed E-state index contributed by atoms with van der Waals surface area (Å²) in [5, 5.41) is 0.561. The monoisotopic (exact) mass is 615 g/mol. The van der Waals surface area contributed by atoms with Crippen LogP contribution in [0.15, 0.2) is 48.5 Å². The van der Waals surface area contributed by atoms with Crippen molar-refractivity contribution in [1.29, 1.82) is 0 Å². The molecule has 1 amide bonds. The van der Waals surface area contributed by atoms with Crippen LogP contribution in [0.25, 0.3) is 0 Å². The van der Waals surface area contributed by atoms with Crippen molar-refractivity contribution in [3.63, 3.8) is 0 Å². The van der Waals surface area contributed by atoms with Crippen molar-refractivity contribution in [3.05, 3.63) is 59.1 Å². The van der Waals surface area contributed by atoms with Gasteiger partial charge in [-0.3, -0.25) is 4.79 Å². The number of halogens is 1. The van der Waals surface area contributed by atoms with Gasteiger partial charge in [0.25, 0.3) is 10.2 Å². The molecule has 0 bridgehead atoms. The summed E-state index contributed by atoms with van der Waals surface area (Å²) in [6.45, 7) is 0.193. The number of carbonyl (C=O) groups excluding carboxylic acids is 1. The molecule has 4 rings (SSSR count). The Morgan fingerprint density at radius 2 is 1.75 bits per heavy atom. The maximum absolute atomic E-state index is 13.9. The van der Waals surface area contributed by atoms with Gasteiger partial charge in [0.2, 0.25) is 5.91 Å². The number of hydroxylamine groups is 1. The Balaban J connectivity index is 1.63. The van der Waals surface area contributed by atoms with Crippen molar-refractivity contribution in [2.75, 3.05) is 39.5 Å². The number of hydrogen-bond donors (Lipinski definition) is 1. The Kier molecular flexibility index (Phi) is 9.76. The first-order valence-corrected chi connectivity index (χ1v) is 16.4. The molecule has 0 aromatic heterocycles. The van der Waals surface area contributed by atoms with E-state index in [1.54, 1.807) is 48.5 Å². The highest BCUT2D eigenvalue weighted by molar-refractivity contribution is 7.92. The van der Waals surface area contributed by atoms with Gasteiger partial charge < -0.3 is 9.47 Å². The molecule has 2 atom stereocenters. The Morgan fingerprint density at radius 3 is 2.35 bits per heavy atom. The molecule has 2 aliphatic rings. The largest absolute Gasteiger partial charge is 0.457 e. The van der Waals surface area contributed by atoms with Gasteiger partial charge >= 0.3 is 0 Å². The summed E-state index contributed by atoms with van der Waals surface area (Å²) in [5.41, 5.74) is 2.71. The first-order valence-electron chi connectivity index (χ1n) is 12.9. The van der Waals surface area contributed by atoms with Crippen molar-refractivity contribution in [2.45, 2.75) is 43.1 Å². The van der Waals surface area contributed by atoms with Crippen LogP contribution in [-0.4, -0.2) is 77.2 Å². The van der Waals surface area contributed by atoms with E-state index in [2.05, 4.69) is 5.48 Å². The second-order valence-corrected chi connectivity index (χ2v) is 14.9. The molecule has 2 heterocycles. The third kappa shape index (κ3) is 6.96. The molecule has 0 radical (unpaired) electrons. The van der Waals surface area contributed by atoms with E-state index in [0.717, 1.165) is 21.5 Å². The molecule has 1 N–H and O–H groups in total. The number of rotatable bonds is 9. The van der Waals surface area contributed by atoms with Gasteiger partial charge in [0.1, 0.15) is 16.2 Å². The number of benzene rings is 2. The Labute approximate surface area is 240 Å². The van der Waals surface area contributed by atoms with Crippen molar-refractivity contribution >= 4 is 37.6 Å². The fraction of sp³-hybridized carbons (Fsp3) is 0.500. The van der Waals surface area contributed by atoms with E-state index in [4.69, 9.17) is 25.9 Å². The van der Waals surface area contributed by atoms with Gasteiger partial charge in [-0.05, 0) is 61.2 Å². The standard InChI is InChI=1S/C26H34ClN3O8S2/c1-29(2)40(34,35)30-15-14-26(39(32,33)18-16-30,19-24(31)28-38-25-5-3-4-17-36-25)20-6-10-22(11-7-20)37-23-12-8-21(27)9-13-23/h6-13,25H,3-5,14-19H2,1-2H3,(H,28,31)/t25?,26-/m0/s1. The summed E-state index contributed by atoms with van der Waals surface area (Å²) < 4.78 is 65.3. The molecule has 2 aromatic rings. The lowest BCUT2D eigenvalue weighted by Gasteiger charge is -2.32. The zero-order chi connectivity index (χ0) is 29.0. The predicted molar refractivity (Wildman–Crippen MR) is 150 cm³/mol. The predicted octanol–water partition coefficient (Wildman–Crippen LogP) is 3.22. The fourth-order valence-corrected chi connectivity index (χ4v) is 8.22. The first-order chi connectivity index (χ1) is 18.9. The molecular weight excluding hydrogens is 582 g/mol. The van der Waals surface area contributed by atoms with E-state index in [0.29, 0.717) is 35.1 Å². The number of nitrogens with zero attached hydrogens (tertiary/aromatic N) is 2. The summed E-state index contributed by atoms with van der Waals surface area (Å²) in [6, 6.07) is 13.2. The lowest BCUT2D eigenvalue weighted by atomic mass is 9.90. The topological polar surface area (TPSA) is 132 Å². The van der Waals surface area contributed by atoms with E-state index in [9.17, 15) is 21.6 Å². The van der Waals surface area contributed by atoms with Crippen LogP contribution < -0.4 is 10.2 Å². The average molecular weight is 616 g/mol. The van der Waals surface area contributed by atoms with E-state index in [1.165, 1.54) is 14.1 Å². The van der Waals surface area contributed by atoms with Gasteiger partial charge in [0.15, 0.2) is 16.1 Å². The third-order valence-electron chi connectivity index (χ3n) is 7.08. The minimum Gasteiger partial charge on any atom is -0.457 e. The molecule has 220 valence electrons.